The van der Waals surface area contributed by atoms with Crippen LogP contribution in [0.2, 0.25) is 0 Å². The molecule has 3 rings (SSSR count). The van der Waals surface area contributed by atoms with Crippen LogP contribution in [0.5, 0.6) is 0 Å². The molecule has 0 spiro atoms. The van der Waals surface area contributed by atoms with Gasteiger partial charge in [0, 0.05) is 11.9 Å². The summed E-state index contributed by atoms with van der Waals surface area (Å²) in [5.41, 5.74) is 1.13. The van der Waals surface area contributed by atoms with Crippen LogP contribution in [-0.4, -0.2) is 59.2 Å². The molecule has 1 fully saturated rings. The minimum Gasteiger partial charge on any atom is -0.464 e. The number of hydrogen-bond donors (Lipinski definition) is 3. The van der Waals surface area contributed by atoms with Gasteiger partial charge in [0.05, 0.1) is 24.8 Å². The van der Waals surface area contributed by atoms with Gasteiger partial charge in [0.1, 0.15) is 12.2 Å². The maximum absolute atomic E-state index is 13.0. The van der Waals surface area contributed by atoms with Crippen LogP contribution >= 0.6 is 0 Å². The molecule has 0 bridgehead atoms. The third-order valence-corrected chi connectivity index (χ3v) is 5.87. The number of furan rings is 1. The number of carbonyl (C=O) groups excluding carboxylic acids is 2. The van der Waals surface area contributed by atoms with E-state index >= 15 is 0 Å². The molecule has 3 N–H and O–H groups in total. The summed E-state index contributed by atoms with van der Waals surface area (Å²) in [5, 5.41) is 22.9. The second kappa shape index (κ2) is 11.4. The fraction of sp³-hybridized carbons (Fsp3) is 0.480. The maximum atomic E-state index is 13.0. The Morgan fingerprint density at radius 3 is 2.77 bits per heavy atom. The van der Waals surface area contributed by atoms with Crippen molar-refractivity contribution in [1.29, 1.82) is 0 Å². The maximum Gasteiger partial charge on any atom is 0.475 e. The summed E-state index contributed by atoms with van der Waals surface area (Å²) in [6.45, 7) is 13.6. The van der Waals surface area contributed by atoms with Crippen molar-refractivity contribution in [2.45, 2.75) is 58.4 Å². The summed E-state index contributed by atoms with van der Waals surface area (Å²) in [5.74, 6) is -1.38. The zero-order valence-corrected chi connectivity index (χ0v) is 20.4. The van der Waals surface area contributed by atoms with Crippen LogP contribution in [0.15, 0.2) is 46.7 Å². The van der Waals surface area contributed by atoms with Gasteiger partial charge >= 0.3 is 13.2 Å². The first-order chi connectivity index (χ1) is 16.6. The standard InChI is InChI=1S/C25H32BN3O6/c1-25(2,3)14-20(27-4)23(30)29-12-8-7-9-18(29)16-35-24(31)28-22(26(32)33)13-17-15-34-21-11-6-5-10-19(17)21/h5-6,10-11,14-15,18,22,32-33H,7-9,12-13,16H2,1-3H3,(H,28,31)/t18-,22+/m1/s1. The molecule has 2 heterocycles. The molecule has 0 unspecified atom stereocenters. The average molecular weight is 481 g/mol. The Labute approximate surface area is 205 Å². The number of benzene rings is 1. The molecule has 1 aliphatic rings. The first kappa shape index (κ1) is 26.3. The highest BCUT2D eigenvalue weighted by molar-refractivity contribution is 6.43. The predicted octanol–water partition coefficient (Wildman–Crippen LogP) is 3.31. The van der Waals surface area contributed by atoms with Crippen LogP contribution in [0.4, 0.5) is 4.79 Å². The predicted molar refractivity (Wildman–Crippen MR) is 132 cm³/mol. The number of rotatable bonds is 7. The summed E-state index contributed by atoms with van der Waals surface area (Å²) >= 11 is 0. The van der Waals surface area contributed by atoms with Crippen molar-refractivity contribution in [1.82, 2.24) is 10.2 Å². The summed E-state index contributed by atoms with van der Waals surface area (Å²) in [7, 11) is -1.81. The Bertz CT molecular complexity index is 1110. The normalized spacial score (nSPS) is 17.5. The van der Waals surface area contributed by atoms with Gasteiger partial charge in [0.15, 0.2) is 0 Å². The monoisotopic (exact) mass is 481 g/mol. The SMILES string of the molecule is [C-]#[N+]C(=CC(C)(C)C)C(=O)N1CCCC[C@@H]1COC(=O)N[C@@H](Cc1coc2ccccc12)B(O)O. The van der Waals surface area contributed by atoms with Gasteiger partial charge in [-0.05, 0) is 42.7 Å². The number of piperidine rings is 1. The Balaban J connectivity index is 1.62. The second-order valence-electron chi connectivity index (χ2n) is 9.88. The van der Waals surface area contributed by atoms with Crippen LogP contribution in [0.25, 0.3) is 15.8 Å². The number of carbonyl (C=O) groups is 2. The number of nitrogens with zero attached hydrogens (tertiary/aromatic N) is 2. The van der Waals surface area contributed by atoms with E-state index in [0.717, 1.165) is 23.8 Å². The lowest BCUT2D eigenvalue weighted by molar-refractivity contribution is -0.131. The lowest BCUT2D eigenvalue weighted by atomic mass is 9.76. The fourth-order valence-electron chi connectivity index (χ4n) is 4.16. The highest BCUT2D eigenvalue weighted by Crippen LogP contribution is 2.24. The molecule has 0 saturated carbocycles. The lowest BCUT2D eigenvalue weighted by Gasteiger charge is -2.35. The van der Waals surface area contributed by atoms with Crippen LogP contribution in [0.3, 0.4) is 0 Å². The summed E-state index contributed by atoms with van der Waals surface area (Å²) in [6, 6.07) is 6.98. The van der Waals surface area contributed by atoms with Crippen molar-refractivity contribution in [3.63, 3.8) is 0 Å². The quantitative estimate of drug-likeness (QED) is 0.318. The molecule has 0 radical (unpaired) electrons. The third kappa shape index (κ3) is 7.10. The van der Waals surface area contributed by atoms with Crippen molar-refractivity contribution in [3.8, 4) is 0 Å². The van der Waals surface area contributed by atoms with E-state index in [2.05, 4.69) is 10.2 Å². The van der Waals surface area contributed by atoms with Gasteiger partial charge in [0.25, 0.3) is 5.91 Å². The minimum absolute atomic E-state index is 0.0543. The Morgan fingerprint density at radius 1 is 1.34 bits per heavy atom. The number of hydrogen-bond acceptors (Lipinski definition) is 6. The van der Waals surface area contributed by atoms with Gasteiger partial charge in [0.2, 0.25) is 5.70 Å². The number of nitrogens with one attached hydrogen (secondary N) is 1. The summed E-state index contributed by atoms with van der Waals surface area (Å²) in [4.78, 5) is 30.6. The van der Waals surface area contributed by atoms with E-state index < -0.39 is 19.2 Å². The molecule has 0 aliphatic carbocycles. The van der Waals surface area contributed by atoms with Gasteiger partial charge in [-0.1, -0.05) is 45.0 Å². The zero-order valence-electron chi connectivity index (χ0n) is 20.4. The van der Waals surface area contributed by atoms with Crippen molar-refractivity contribution in [3.05, 3.63) is 59.3 Å². The fourth-order valence-corrected chi connectivity index (χ4v) is 4.16. The van der Waals surface area contributed by atoms with E-state index in [4.69, 9.17) is 15.7 Å². The molecule has 1 aliphatic heterocycles. The third-order valence-electron chi connectivity index (χ3n) is 5.87. The molecule has 10 heteroatoms. The Kier molecular flexibility index (Phi) is 8.59. The van der Waals surface area contributed by atoms with Gasteiger partial charge in [-0.3, -0.25) is 4.79 Å². The van der Waals surface area contributed by atoms with Crippen molar-refractivity contribution in [2.75, 3.05) is 13.2 Å². The van der Waals surface area contributed by atoms with E-state index in [0.29, 0.717) is 18.5 Å². The highest BCUT2D eigenvalue weighted by atomic mass is 16.5. The highest BCUT2D eigenvalue weighted by Gasteiger charge is 2.32. The van der Waals surface area contributed by atoms with E-state index in [-0.39, 0.29) is 36.1 Å². The Hall–Kier alpha value is -3.29. The number of ether oxygens (including phenoxy) is 1. The molecule has 9 nitrogen and oxygen atoms in total. The average Bonchev–Trinajstić information content (AvgIpc) is 3.22. The Morgan fingerprint density at radius 2 is 2.09 bits per heavy atom. The zero-order chi connectivity index (χ0) is 25.6. The molecular formula is C25H32BN3O6. The van der Waals surface area contributed by atoms with Gasteiger partial charge in [-0.15, -0.1) is 0 Å². The van der Waals surface area contributed by atoms with Crippen LogP contribution in [-0.2, 0) is 16.0 Å². The van der Waals surface area contributed by atoms with Gasteiger partial charge < -0.3 is 29.4 Å². The topological polar surface area (TPSA) is 117 Å². The number of para-hydroxylation sites is 1. The molecule has 1 saturated heterocycles. The molecule has 1 aromatic heterocycles. The van der Waals surface area contributed by atoms with Crippen molar-refractivity contribution >= 4 is 30.1 Å². The lowest BCUT2D eigenvalue weighted by Crippen LogP contribution is -2.50. The number of amides is 2. The number of likely N-dealkylation sites (tertiary alicyclic amines) is 1. The molecule has 35 heavy (non-hydrogen) atoms. The number of alkyl carbamates (subject to hydrolysis) is 1. The second-order valence-corrected chi connectivity index (χ2v) is 9.88. The van der Waals surface area contributed by atoms with Gasteiger partial charge in [-0.25, -0.2) is 9.64 Å². The molecule has 2 amide bonds. The van der Waals surface area contributed by atoms with Crippen molar-refractivity contribution in [2.24, 2.45) is 5.41 Å². The first-order valence-corrected chi connectivity index (χ1v) is 11.7. The van der Waals surface area contributed by atoms with E-state index in [1.54, 1.807) is 17.0 Å². The van der Waals surface area contributed by atoms with E-state index in [9.17, 15) is 19.6 Å². The summed E-state index contributed by atoms with van der Waals surface area (Å²) < 4.78 is 10.9. The van der Waals surface area contributed by atoms with Gasteiger partial charge in [-0.2, -0.15) is 0 Å². The minimum atomic E-state index is -1.81. The molecule has 2 aromatic rings. The molecule has 186 valence electrons. The van der Waals surface area contributed by atoms with E-state index in [1.807, 2.05) is 39.0 Å². The smallest absolute Gasteiger partial charge is 0.464 e. The van der Waals surface area contributed by atoms with Crippen LogP contribution in [0, 0.1) is 12.0 Å². The van der Waals surface area contributed by atoms with Crippen LogP contribution < -0.4 is 5.32 Å². The number of allylic oxidation sites excluding steroid dienone is 1. The molecule has 1 aromatic carbocycles. The molecule has 2 atom stereocenters. The first-order valence-electron chi connectivity index (χ1n) is 11.7. The van der Waals surface area contributed by atoms with E-state index in [1.165, 1.54) is 6.26 Å². The molecular weight excluding hydrogens is 449 g/mol. The largest absolute Gasteiger partial charge is 0.475 e. The number of fused-ring (bicyclic) bond motifs is 1. The van der Waals surface area contributed by atoms with Crippen molar-refractivity contribution < 1.29 is 28.8 Å². The summed E-state index contributed by atoms with van der Waals surface area (Å²) in [6.07, 6.45) is 4.84. The van der Waals surface area contributed by atoms with Crippen LogP contribution in [0.1, 0.15) is 45.6 Å².